The van der Waals surface area contributed by atoms with Gasteiger partial charge in [-0.2, -0.15) is 5.90 Å². The molecule has 0 bridgehead atoms. The number of anilines is 7. The van der Waals surface area contributed by atoms with E-state index >= 15 is 0 Å². The van der Waals surface area contributed by atoms with Gasteiger partial charge in [0.25, 0.3) is 5.69 Å². The molecule has 7 aromatic carbocycles. The van der Waals surface area contributed by atoms with Crippen LogP contribution in [0.3, 0.4) is 0 Å². The minimum atomic E-state index is -0.412. The standard InChI is InChI=1S/C49H43N5O4/c1-36-14-24-44(25-15-36)52(42-10-6-4-7-11-42)45-28-20-38(21-29-45)17-23-40-34-48(54(55)56)39(35-49(40)57-58-50)22-16-37-18-26-46(27-19-37)53(43-12-8-5-9-13-43)47-32-30-41(31-33-47)51(2)3/h4-35H,50H2,1-3H3. The molecule has 0 aliphatic carbocycles. The monoisotopic (exact) mass is 765 g/mol. The molecule has 0 saturated heterocycles. The van der Waals surface area contributed by atoms with Crippen LogP contribution in [0.15, 0.2) is 170 Å². The lowest BCUT2D eigenvalue weighted by atomic mass is 10.0. The highest BCUT2D eigenvalue weighted by Gasteiger charge is 2.18. The van der Waals surface area contributed by atoms with Crippen molar-refractivity contribution < 1.29 is 14.8 Å². The zero-order valence-corrected chi connectivity index (χ0v) is 32.5. The summed E-state index contributed by atoms with van der Waals surface area (Å²) in [6, 6.07) is 56.2. The number of hydrogen-bond donors (Lipinski definition) is 1. The molecule has 0 aliphatic rings. The van der Waals surface area contributed by atoms with Gasteiger partial charge in [-0.15, -0.1) is 0 Å². The van der Waals surface area contributed by atoms with Crippen LogP contribution in [-0.2, 0) is 4.99 Å². The van der Waals surface area contributed by atoms with Crippen molar-refractivity contribution in [2.75, 3.05) is 28.8 Å². The maximum atomic E-state index is 12.4. The second-order valence-electron chi connectivity index (χ2n) is 13.8. The molecule has 0 aromatic heterocycles. The van der Waals surface area contributed by atoms with E-state index in [-0.39, 0.29) is 11.4 Å². The Hall–Kier alpha value is -7.46. The van der Waals surface area contributed by atoms with Gasteiger partial charge >= 0.3 is 0 Å². The zero-order valence-electron chi connectivity index (χ0n) is 32.5. The summed E-state index contributed by atoms with van der Waals surface area (Å²) < 4.78 is 0. The minimum Gasteiger partial charge on any atom is -0.378 e. The Balaban J connectivity index is 1.13. The van der Waals surface area contributed by atoms with Gasteiger partial charge in [-0.1, -0.05) is 102 Å². The summed E-state index contributed by atoms with van der Waals surface area (Å²) in [5.74, 6) is 5.56. The highest BCUT2D eigenvalue weighted by Crippen LogP contribution is 2.37. The molecule has 288 valence electrons. The summed E-state index contributed by atoms with van der Waals surface area (Å²) in [5, 5.41) is 12.4. The summed E-state index contributed by atoms with van der Waals surface area (Å²) >= 11 is 0. The minimum absolute atomic E-state index is 0.0970. The van der Waals surface area contributed by atoms with E-state index in [1.165, 1.54) is 11.6 Å². The molecule has 7 aromatic rings. The number of aryl methyl sites for hydroxylation is 1. The first-order chi connectivity index (χ1) is 28.3. The van der Waals surface area contributed by atoms with Crippen molar-refractivity contribution in [3.05, 3.63) is 208 Å². The number of hydrogen-bond acceptors (Lipinski definition) is 8. The van der Waals surface area contributed by atoms with Crippen molar-refractivity contribution in [2.24, 2.45) is 5.90 Å². The molecule has 2 N–H and O–H groups in total. The molecule has 0 heterocycles. The Bertz CT molecular complexity index is 2500. The second-order valence-corrected chi connectivity index (χ2v) is 13.8. The van der Waals surface area contributed by atoms with Gasteiger partial charge in [-0.05, 0) is 115 Å². The molecule has 0 unspecified atom stereocenters. The fourth-order valence-corrected chi connectivity index (χ4v) is 6.63. The lowest BCUT2D eigenvalue weighted by Gasteiger charge is -2.26. The van der Waals surface area contributed by atoms with Crippen LogP contribution in [0.2, 0.25) is 0 Å². The SMILES string of the molecule is Cc1ccc(N(c2ccccc2)c2ccc(C=Cc3cc([N+](=O)[O-])c(C=Cc4ccc(N(c5ccccc5)c5ccc(N(C)C)cc5)cc4)cc3OON)cc2)cc1. The maximum Gasteiger partial charge on any atom is 0.277 e. The molecule has 0 aliphatic heterocycles. The number of nitro benzene ring substituents is 1. The quantitative estimate of drug-likeness (QED) is 0.0506. The van der Waals surface area contributed by atoms with Crippen molar-refractivity contribution >= 4 is 69.8 Å². The molecular weight excluding hydrogens is 723 g/mol. The summed E-state index contributed by atoms with van der Waals surface area (Å²) in [4.78, 5) is 28.3. The van der Waals surface area contributed by atoms with Gasteiger partial charge in [0, 0.05) is 65.5 Å². The van der Waals surface area contributed by atoms with Crippen LogP contribution in [0.5, 0.6) is 5.75 Å². The molecule has 0 atom stereocenters. The molecule has 0 fully saturated rings. The van der Waals surface area contributed by atoms with Crippen LogP contribution in [0.4, 0.5) is 45.5 Å². The third kappa shape index (κ3) is 9.14. The molecular formula is C49H43N5O4. The number of nitro groups is 1. The average Bonchev–Trinajstić information content (AvgIpc) is 3.25. The van der Waals surface area contributed by atoms with Crippen molar-refractivity contribution in [3.63, 3.8) is 0 Å². The largest absolute Gasteiger partial charge is 0.378 e. The van der Waals surface area contributed by atoms with E-state index in [1.807, 2.05) is 111 Å². The summed E-state index contributed by atoms with van der Waals surface area (Å²) in [5.41, 5.74) is 10.7. The predicted molar refractivity (Wildman–Crippen MR) is 238 cm³/mol. The van der Waals surface area contributed by atoms with E-state index in [4.69, 9.17) is 10.8 Å². The third-order valence-corrected chi connectivity index (χ3v) is 9.65. The summed E-state index contributed by atoms with van der Waals surface area (Å²) in [7, 11) is 4.04. The third-order valence-electron chi connectivity index (χ3n) is 9.65. The van der Waals surface area contributed by atoms with Gasteiger partial charge in [0.1, 0.15) is 0 Å². The van der Waals surface area contributed by atoms with Gasteiger partial charge in [0.15, 0.2) is 5.75 Å². The van der Waals surface area contributed by atoms with E-state index in [1.54, 1.807) is 18.2 Å². The van der Waals surface area contributed by atoms with E-state index in [0.29, 0.717) is 11.1 Å². The van der Waals surface area contributed by atoms with Gasteiger partial charge in [0.05, 0.1) is 10.5 Å². The van der Waals surface area contributed by atoms with Crippen LogP contribution in [-0.4, -0.2) is 19.0 Å². The summed E-state index contributed by atoms with van der Waals surface area (Å²) in [6.07, 6.45) is 7.11. The van der Waals surface area contributed by atoms with E-state index < -0.39 is 4.92 Å². The fraction of sp³-hybridized carbons (Fsp3) is 0.0612. The van der Waals surface area contributed by atoms with Crippen LogP contribution < -0.4 is 25.5 Å². The normalized spacial score (nSPS) is 11.2. The smallest absolute Gasteiger partial charge is 0.277 e. The molecule has 9 heteroatoms. The molecule has 0 radical (unpaired) electrons. The molecule has 7 rings (SSSR count). The van der Waals surface area contributed by atoms with Crippen LogP contribution >= 0.6 is 0 Å². The van der Waals surface area contributed by atoms with E-state index in [2.05, 4.69) is 99.4 Å². The Morgan fingerprint density at radius 3 is 1.34 bits per heavy atom. The molecule has 0 amide bonds. The Labute approximate surface area is 338 Å². The van der Waals surface area contributed by atoms with Gasteiger partial charge < -0.3 is 19.6 Å². The zero-order chi connectivity index (χ0) is 40.4. The van der Waals surface area contributed by atoms with Crippen molar-refractivity contribution in [2.45, 2.75) is 6.92 Å². The highest BCUT2D eigenvalue weighted by atomic mass is 17.3. The van der Waals surface area contributed by atoms with Crippen molar-refractivity contribution in [1.82, 2.24) is 0 Å². The van der Waals surface area contributed by atoms with Crippen molar-refractivity contribution in [3.8, 4) is 5.75 Å². The Morgan fingerprint density at radius 1 is 0.517 bits per heavy atom. The lowest BCUT2D eigenvalue weighted by molar-refractivity contribution is -0.385. The average molecular weight is 766 g/mol. The maximum absolute atomic E-state index is 12.4. The molecule has 0 spiro atoms. The topological polar surface area (TPSA) is 97.3 Å². The summed E-state index contributed by atoms with van der Waals surface area (Å²) in [6.45, 7) is 2.07. The molecule has 0 saturated carbocycles. The number of nitrogens with two attached hydrogens (primary N) is 1. The predicted octanol–water partition coefficient (Wildman–Crippen LogP) is 12.4. The first-order valence-corrected chi connectivity index (χ1v) is 18.7. The number of benzene rings is 7. The fourth-order valence-electron chi connectivity index (χ4n) is 6.63. The van der Waals surface area contributed by atoms with Gasteiger partial charge in [-0.3, -0.25) is 10.1 Å². The molecule has 58 heavy (non-hydrogen) atoms. The first-order valence-electron chi connectivity index (χ1n) is 18.7. The van der Waals surface area contributed by atoms with Crippen LogP contribution in [0.1, 0.15) is 27.8 Å². The van der Waals surface area contributed by atoms with Crippen LogP contribution in [0, 0.1) is 17.0 Å². The highest BCUT2D eigenvalue weighted by molar-refractivity contribution is 5.83. The van der Waals surface area contributed by atoms with Crippen LogP contribution in [0.25, 0.3) is 24.3 Å². The Kier molecular flexibility index (Phi) is 12.0. The number of rotatable bonds is 14. The second kappa shape index (κ2) is 18.0. The van der Waals surface area contributed by atoms with E-state index in [9.17, 15) is 10.1 Å². The van der Waals surface area contributed by atoms with Crippen molar-refractivity contribution in [1.29, 1.82) is 0 Å². The Morgan fingerprint density at radius 2 is 0.914 bits per heavy atom. The lowest BCUT2D eigenvalue weighted by Crippen LogP contribution is -2.11. The number of para-hydroxylation sites is 2. The number of nitrogens with zero attached hydrogens (tertiary/aromatic N) is 4. The molecule has 9 nitrogen and oxygen atoms in total. The van der Waals surface area contributed by atoms with Gasteiger partial charge in [0.2, 0.25) is 0 Å². The van der Waals surface area contributed by atoms with Gasteiger partial charge in [-0.25, -0.2) is 0 Å². The van der Waals surface area contributed by atoms with E-state index in [0.717, 1.165) is 50.9 Å². The first kappa shape index (κ1) is 38.8.